The number of nitrogens with zero attached hydrogens (tertiary/aromatic N) is 1. The minimum Gasteiger partial charge on any atom is -0.506 e. The van der Waals surface area contributed by atoms with E-state index in [0.717, 1.165) is 5.56 Å². The maximum atomic E-state index is 13.7. The number of anilines is 2. The summed E-state index contributed by atoms with van der Waals surface area (Å²) >= 11 is 6.84. The number of Topliss-reactive ketones (excluding diaryl/α,β-unsaturated/α-hetero) is 1. The highest BCUT2D eigenvalue weighted by Gasteiger charge is 2.43. The van der Waals surface area contributed by atoms with E-state index in [2.05, 4.69) is 5.32 Å². The van der Waals surface area contributed by atoms with E-state index in [1.807, 2.05) is 56.3 Å². The summed E-state index contributed by atoms with van der Waals surface area (Å²) in [5.74, 6) is 0.262. The van der Waals surface area contributed by atoms with Gasteiger partial charge in [0.2, 0.25) is 5.91 Å². The van der Waals surface area contributed by atoms with Crippen molar-refractivity contribution in [2.24, 2.45) is 5.41 Å². The minimum atomic E-state index is -0.762. The molecule has 6 nitrogen and oxygen atoms in total. The van der Waals surface area contributed by atoms with Gasteiger partial charge in [-0.3, -0.25) is 14.5 Å². The van der Waals surface area contributed by atoms with Gasteiger partial charge in [0.1, 0.15) is 23.8 Å². The van der Waals surface area contributed by atoms with Gasteiger partial charge in [-0.2, -0.15) is 0 Å². The van der Waals surface area contributed by atoms with Crippen LogP contribution in [0.1, 0.15) is 50.8 Å². The average molecular weight is 517 g/mol. The summed E-state index contributed by atoms with van der Waals surface area (Å²) < 4.78 is 5.95. The molecule has 0 saturated heterocycles. The Balaban J connectivity index is 1.63. The smallest absolute Gasteiger partial charge is 0.224 e. The molecule has 3 aromatic rings. The monoisotopic (exact) mass is 516 g/mol. The van der Waals surface area contributed by atoms with E-state index in [-0.39, 0.29) is 22.9 Å². The standard InChI is InChI=1S/C30H29ClN2O4/c1-18(34)33-24-10-7-11-25(35)28(24)32-23-15-30(2,3)16-26(36)27(23)29(33)21-13-12-20(14-22(21)31)37-17-19-8-5-4-6-9-19/h4-14,29,32,35H,15-17H2,1-3H3/t29-/m1/s1. The second kappa shape index (κ2) is 9.60. The van der Waals surface area contributed by atoms with Gasteiger partial charge in [0, 0.05) is 29.6 Å². The summed E-state index contributed by atoms with van der Waals surface area (Å²) in [5.41, 5.74) is 3.44. The molecular formula is C30H29ClN2O4. The summed E-state index contributed by atoms with van der Waals surface area (Å²) in [4.78, 5) is 28.4. The number of nitrogens with one attached hydrogen (secondary N) is 1. The molecule has 0 unspecified atom stereocenters. The molecule has 0 fully saturated rings. The highest BCUT2D eigenvalue weighted by Crippen LogP contribution is 2.51. The van der Waals surface area contributed by atoms with Crippen LogP contribution in [-0.2, 0) is 16.2 Å². The highest BCUT2D eigenvalue weighted by molar-refractivity contribution is 6.31. The fraction of sp³-hybridized carbons (Fsp3) is 0.267. The predicted molar refractivity (Wildman–Crippen MR) is 145 cm³/mol. The summed E-state index contributed by atoms with van der Waals surface area (Å²) in [6, 6.07) is 19.4. The number of para-hydroxylation sites is 1. The van der Waals surface area contributed by atoms with Crippen LogP contribution >= 0.6 is 11.6 Å². The third-order valence-electron chi connectivity index (χ3n) is 6.86. The molecule has 0 aromatic heterocycles. The number of aromatic hydroxyl groups is 1. The molecule has 190 valence electrons. The van der Waals surface area contributed by atoms with Gasteiger partial charge in [0.25, 0.3) is 0 Å². The molecule has 7 heteroatoms. The molecule has 2 aliphatic rings. The Morgan fingerprint density at radius 2 is 1.86 bits per heavy atom. The summed E-state index contributed by atoms with van der Waals surface area (Å²) in [5, 5.41) is 14.4. The topological polar surface area (TPSA) is 78.9 Å². The number of ketones is 1. The van der Waals surface area contributed by atoms with E-state index in [9.17, 15) is 14.7 Å². The van der Waals surface area contributed by atoms with Gasteiger partial charge in [0.05, 0.1) is 11.7 Å². The Bertz CT molecular complexity index is 1410. The third-order valence-corrected chi connectivity index (χ3v) is 7.19. The Hall–Kier alpha value is -3.77. The quantitative estimate of drug-likeness (QED) is 0.373. The number of ether oxygens (including phenoxy) is 1. The van der Waals surface area contributed by atoms with Gasteiger partial charge in [-0.05, 0) is 47.2 Å². The van der Waals surface area contributed by atoms with Gasteiger partial charge in [0.15, 0.2) is 5.78 Å². The molecule has 1 heterocycles. The van der Waals surface area contributed by atoms with Crippen molar-refractivity contribution in [2.45, 2.75) is 46.3 Å². The predicted octanol–water partition coefficient (Wildman–Crippen LogP) is 6.79. The molecule has 1 aliphatic carbocycles. The number of allylic oxidation sites excluding steroid dienone is 1. The number of rotatable bonds is 4. The average Bonchev–Trinajstić information content (AvgIpc) is 2.98. The molecule has 0 radical (unpaired) electrons. The lowest BCUT2D eigenvalue weighted by molar-refractivity contribution is -0.118. The van der Waals surface area contributed by atoms with Gasteiger partial charge in [-0.15, -0.1) is 0 Å². The van der Waals surface area contributed by atoms with Crippen LogP contribution in [0.3, 0.4) is 0 Å². The SMILES string of the molecule is CC(=O)N1c2cccc(O)c2NC2=C(C(=O)CC(C)(C)C2)[C@H]1c1ccc(OCc2ccccc2)cc1Cl. The maximum absolute atomic E-state index is 13.7. The Kier molecular flexibility index (Phi) is 6.46. The normalized spacial score (nSPS) is 18.4. The third kappa shape index (κ3) is 4.81. The second-order valence-electron chi connectivity index (χ2n) is 10.4. The van der Waals surface area contributed by atoms with E-state index in [0.29, 0.717) is 58.4 Å². The van der Waals surface area contributed by atoms with Crippen LogP contribution in [0.5, 0.6) is 11.5 Å². The fourth-order valence-corrected chi connectivity index (χ4v) is 5.52. The van der Waals surface area contributed by atoms with Gasteiger partial charge in [-0.1, -0.05) is 67.9 Å². The van der Waals surface area contributed by atoms with Crippen LogP contribution < -0.4 is 15.0 Å². The zero-order valence-electron chi connectivity index (χ0n) is 21.0. The number of benzene rings is 3. The summed E-state index contributed by atoms with van der Waals surface area (Å²) in [6.45, 7) is 5.92. The molecule has 1 amide bonds. The molecule has 0 bridgehead atoms. The summed E-state index contributed by atoms with van der Waals surface area (Å²) in [7, 11) is 0. The lowest BCUT2D eigenvalue weighted by atomic mass is 9.73. The highest BCUT2D eigenvalue weighted by atomic mass is 35.5. The van der Waals surface area contributed by atoms with Crippen molar-refractivity contribution < 1.29 is 19.4 Å². The fourth-order valence-electron chi connectivity index (χ4n) is 5.25. The zero-order chi connectivity index (χ0) is 26.3. The van der Waals surface area contributed by atoms with Crippen LogP contribution in [-0.4, -0.2) is 16.8 Å². The second-order valence-corrected chi connectivity index (χ2v) is 10.8. The molecule has 3 aromatic carbocycles. The first-order chi connectivity index (χ1) is 17.6. The number of hydrogen-bond donors (Lipinski definition) is 2. The van der Waals surface area contributed by atoms with Crippen LogP contribution in [0.4, 0.5) is 11.4 Å². The van der Waals surface area contributed by atoms with Crippen molar-refractivity contribution in [2.75, 3.05) is 10.2 Å². The molecule has 0 spiro atoms. The molecule has 2 N–H and O–H groups in total. The van der Waals surface area contributed by atoms with Crippen LogP contribution in [0, 0.1) is 5.41 Å². The van der Waals surface area contributed by atoms with E-state index >= 15 is 0 Å². The molecule has 1 atom stereocenters. The zero-order valence-corrected chi connectivity index (χ0v) is 21.8. The van der Waals surface area contributed by atoms with Crippen LogP contribution in [0.2, 0.25) is 5.02 Å². The Morgan fingerprint density at radius 3 is 2.57 bits per heavy atom. The number of phenolic OH excluding ortho intramolecular Hbond substituents is 1. The molecule has 5 rings (SSSR count). The van der Waals surface area contributed by atoms with Crippen LogP contribution in [0.25, 0.3) is 0 Å². The molecule has 0 saturated carbocycles. The number of amides is 1. The maximum Gasteiger partial charge on any atom is 0.224 e. The number of halogens is 1. The van der Waals surface area contributed by atoms with E-state index in [4.69, 9.17) is 16.3 Å². The molecule has 37 heavy (non-hydrogen) atoms. The van der Waals surface area contributed by atoms with Crippen molar-refractivity contribution in [1.29, 1.82) is 0 Å². The first-order valence-electron chi connectivity index (χ1n) is 12.3. The van der Waals surface area contributed by atoms with Crippen molar-refractivity contribution >= 4 is 34.7 Å². The Morgan fingerprint density at radius 1 is 1.11 bits per heavy atom. The molecule has 1 aliphatic heterocycles. The van der Waals surface area contributed by atoms with Crippen molar-refractivity contribution in [3.8, 4) is 11.5 Å². The van der Waals surface area contributed by atoms with Crippen LogP contribution in [0.15, 0.2) is 78.0 Å². The number of carbonyl (C=O) groups excluding carboxylic acids is 2. The van der Waals surface area contributed by atoms with Crippen molar-refractivity contribution in [1.82, 2.24) is 0 Å². The Labute approximate surface area is 221 Å². The molecular weight excluding hydrogens is 488 g/mol. The number of carbonyl (C=O) groups is 2. The first-order valence-corrected chi connectivity index (χ1v) is 12.6. The van der Waals surface area contributed by atoms with Gasteiger partial charge in [-0.25, -0.2) is 0 Å². The van der Waals surface area contributed by atoms with Crippen molar-refractivity contribution in [3.63, 3.8) is 0 Å². The summed E-state index contributed by atoms with van der Waals surface area (Å²) in [6.07, 6.45) is 0.925. The number of phenols is 1. The van der Waals surface area contributed by atoms with E-state index in [1.54, 1.807) is 29.2 Å². The lowest BCUT2D eigenvalue weighted by Crippen LogP contribution is -2.38. The largest absolute Gasteiger partial charge is 0.506 e. The lowest BCUT2D eigenvalue weighted by Gasteiger charge is -2.37. The number of fused-ring (bicyclic) bond motifs is 1. The first kappa shape index (κ1) is 24.9. The van der Waals surface area contributed by atoms with E-state index < -0.39 is 6.04 Å². The van der Waals surface area contributed by atoms with Crippen molar-refractivity contribution in [3.05, 3.63) is 94.1 Å². The van der Waals surface area contributed by atoms with Gasteiger partial charge < -0.3 is 15.2 Å². The van der Waals surface area contributed by atoms with E-state index in [1.165, 1.54) is 6.92 Å². The van der Waals surface area contributed by atoms with Gasteiger partial charge >= 0.3 is 0 Å². The minimum absolute atomic E-state index is 0.00263. The number of hydrogen-bond acceptors (Lipinski definition) is 5.